The van der Waals surface area contributed by atoms with Gasteiger partial charge in [-0.25, -0.2) is 17.1 Å². The molecule has 1 aromatic carbocycles. The predicted octanol–water partition coefficient (Wildman–Crippen LogP) is 1.37. The molecule has 2 heterocycles. The molecule has 2 saturated heterocycles. The maximum absolute atomic E-state index is 13.9. The van der Waals surface area contributed by atoms with E-state index in [4.69, 9.17) is 0 Å². The number of hydrogen-bond donors (Lipinski definition) is 0. The molecule has 0 N–H and O–H groups in total. The second kappa shape index (κ2) is 6.75. The number of rotatable bonds is 4. The third-order valence-corrected chi connectivity index (χ3v) is 6.75. The van der Waals surface area contributed by atoms with E-state index in [1.165, 1.54) is 6.07 Å². The van der Waals surface area contributed by atoms with Gasteiger partial charge in [-0.3, -0.25) is 4.90 Å². The highest BCUT2D eigenvalue weighted by atomic mass is 32.2. The van der Waals surface area contributed by atoms with Crippen LogP contribution in [0.2, 0.25) is 0 Å². The SMILES string of the molecule is CC1CN(c2ccccc2F)CCN1CCN1CCCS1(=O)=O. The van der Waals surface area contributed by atoms with E-state index in [-0.39, 0.29) is 17.6 Å². The number of para-hydroxylation sites is 1. The fourth-order valence-corrected chi connectivity index (χ4v) is 4.96. The summed E-state index contributed by atoms with van der Waals surface area (Å²) in [6, 6.07) is 7.13. The van der Waals surface area contributed by atoms with E-state index >= 15 is 0 Å². The highest BCUT2D eigenvalue weighted by Gasteiger charge is 2.30. The van der Waals surface area contributed by atoms with Gasteiger partial charge in [0.25, 0.3) is 0 Å². The van der Waals surface area contributed by atoms with Gasteiger partial charge in [-0.05, 0) is 25.5 Å². The minimum absolute atomic E-state index is 0.184. The average molecular weight is 341 g/mol. The molecule has 5 nitrogen and oxygen atoms in total. The number of piperazine rings is 1. The Labute approximate surface area is 137 Å². The lowest BCUT2D eigenvalue weighted by Gasteiger charge is -2.41. The van der Waals surface area contributed by atoms with Crippen LogP contribution in [-0.2, 0) is 10.0 Å². The Morgan fingerprint density at radius 3 is 2.61 bits per heavy atom. The van der Waals surface area contributed by atoms with Gasteiger partial charge in [-0.15, -0.1) is 0 Å². The van der Waals surface area contributed by atoms with Crippen LogP contribution in [0.25, 0.3) is 0 Å². The van der Waals surface area contributed by atoms with E-state index in [9.17, 15) is 12.8 Å². The summed E-state index contributed by atoms with van der Waals surface area (Å²) in [7, 11) is -3.02. The van der Waals surface area contributed by atoms with Crippen molar-refractivity contribution in [1.82, 2.24) is 9.21 Å². The van der Waals surface area contributed by atoms with Crippen LogP contribution in [0.4, 0.5) is 10.1 Å². The van der Waals surface area contributed by atoms with Crippen molar-refractivity contribution in [3.63, 3.8) is 0 Å². The normalized spacial score (nSPS) is 25.8. The zero-order valence-electron chi connectivity index (χ0n) is 13.5. The van der Waals surface area contributed by atoms with Crippen LogP contribution in [0.3, 0.4) is 0 Å². The highest BCUT2D eigenvalue weighted by Crippen LogP contribution is 2.22. The molecule has 23 heavy (non-hydrogen) atoms. The molecule has 0 amide bonds. The molecule has 0 spiro atoms. The number of anilines is 1. The third kappa shape index (κ3) is 3.67. The summed E-state index contributed by atoms with van der Waals surface area (Å²) < 4.78 is 39.2. The predicted molar refractivity (Wildman–Crippen MR) is 89.6 cm³/mol. The average Bonchev–Trinajstić information content (AvgIpc) is 2.85. The van der Waals surface area contributed by atoms with Crippen LogP contribution in [-0.4, -0.2) is 68.7 Å². The quantitative estimate of drug-likeness (QED) is 0.830. The molecule has 2 aliphatic heterocycles. The fraction of sp³-hybridized carbons (Fsp3) is 0.625. The number of hydrogen-bond acceptors (Lipinski definition) is 4. The first-order chi connectivity index (χ1) is 11.0. The molecule has 1 atom stereocenters. The molecule has 0 bridgehead atoms. The van der Waals surface area contributed by atoms with Crippen LogP contribution < -0.4 is 4.90 Å². The summed E-state index contributed by atoms with van der Waals surface area (Å²) in [5.74, 6) is 0.0974. The number of nitrogens with zero attached hydrogens (tertiary/aromatic N) is 3. The van der Waals surface area contributed by atoms with E-state index in [0.717, 1.165) is 32.6 Å². The molecule has 1 unspecified atom stereocenters. The molecular formula is C16H24FN3O2S. The van der Waals surface area contributed by atoms with E-state index in [2.05, 4.69) is 16.7 Å². The lowest BCUT2D eigenvalue weighted by molar-refractivity contribution is 0.179. The van der Waals surface area contributed by atoms with Crippen LogP contribution in [0, 0.1) is 5.82 Å². The van der Waals surface area contributed by atoms with Crippen molar-refractivity contribution in [3.8, 4) is 0 Å². The summed E-state index contributed by atoms with van der Waals surface area (Å²) in [4.78, 5) is 4.37. The number of benzene rings is 1. The minimum Gasteiger partial charge on any atom is -0.366 e. The van der Waals surface area contributed by atoms with E-state index in [1.807, 2.05) is 12.1 Å². The van der Waals surface area contributed by atoms with E-state index < -0.39 is 10.0 Å². The first-order valence-corrected chi connectivity index (χ1v) is 9.79. The van der Waals surface area contributed by atoms with Gasteiger partial charge in [0.05, 0.1) is 11.4 Å². The van der Waals surface area contributed by atoms with E-state index in [0.29, 0.717) is 18.8 Å². The summed E-state index contributed by atoms with van der Waals surface area (Å²) in [5.41, 5.74) is 0.654. The van der Waals surface area contributed by atoms with Gasteiger partial charge in [-0.1, -0.05) is 12.1 Å². The van der Waals surface area contributed by atoms with Crippen molar-refractivity contribution >= 4 is 15.7 Å². The van der Waals surface area contributed by atoms with Crippen molar-refractivity contribution in [2.75, 3.05) is 49.9 Å². The van der Waals surface area contributed by atoms with Crippen LogP contribution in [0.5, 0.6) is 0 Å². The largest absolute Gasteiger partial charge is 0.366 e. The van der Waals surface area contributed by atoms with Gasteiger partial charge in [0.2, 0.25) is 10.0 Å². The van der Waals surface area contributed by atoms with Crippen molar-refractivity contribution in [2.24, 2.45) is 0 Å². The van der Waals surface area contributed by atoms with E-state index in [1.54, 1.807) is 10.4 Å². The Kier molecular flexibility index (Phi) is 4.89. The lowest BCUT2D eigenvalue weighted by atomic mass is 10.1. The molecule has 0 radical (unpaired) electrons. The molecule has 2 aliphatic rings. The molecular weight excluding hydrogens is 317 g/mol. The van der Waals surface area contributed by atoms with Gasteiger partial charge in [0.15, 0.2) is 0 Å². The molecule has 0 aliphatic carbocycles. The number of sulfonamides is 1. The lowest BCUT2D eigenvalue weighted by Crippen LogP contribution is -2.53. The molecule has 0 aromatic heterocycles. The fourth-order valence-electron chi connectivity index (χ4n) is 3.44. The Balaban J connectivity index is 1.56. The van der Waals surface area contributed by atoms with Gasteiger partial charge in [-0.2, -0.15) is 0 Å². The molecule has 1 aromatic rings. The summed E-state index contributed by atoms with van der Waals surface area (Å²) in [6.45, 7) is 6.41. The summed E-state index contributed by atoms with van der Waals surface area (Å²) in [5, 5.41) is 0. The van der Waals surface area contributed by atoms with Crippen molar-refractivity contribution in [1.29, 1.82) is 0 Å². The third-order valence-electron chi connectivity index (χ3n) is 4.80. The van der Waals surface area contributed by atoms with Crippen LogP contribution >= 0.6 is 0 Å². The van der Waals surface area contributed by atoms with Crippen LogP contribution in [0.15, 0.2) is 24.3 Å². The second-order valence-corrected chi connectivity index (χ2v) is 8.44. The minimum atomic E-state index is -3.02. The maximum Gasteiger partial charge on any atom is 0.214 e. The summed E-state index contributed by atoms with van der Waals surface area (Å²) in [6.07, 6.45) is 0.735. The standard InChI is InChI=1S/C16H24FN3O2S/c1-14-13-19(16-6-3-2-5-15(16)17)9-8-18(14)10-11-20-7-4-12-23(20,21)22/h2-3,5-6,14H,4,7-13H2,1H3. The first kappa shape index (κ1) is 16.7. The molecule has 128 valence electrons. The molecule has 0 saturated carbocycles. The van der Waals surface area contributed by atoms with Crippen LogP contribution in [0.1, 0.15) is 13.3 Å². The second-order valence-electron chi connectivity index (χ2n) is 6.35. The van der Waals surface area contributed by atoms with Gasteiger partial charge in [0, 0.05) is 45.3 Å². The zero-order valence-corrected chi connectivity index (χ0v) is 14.3. The van der Waals surface area contributed by atoms with Gasteiger partial charge in [0.1, 0.15) is 5.82 Å². The Morgan fingerprint density at radius 1 is 1.17 bits per heavy atom. The van der Waals surface area contributed by atoms with Gasteiger partial charge < -0.3 is 4.90 Å². The molecule has 7 heteroatoms. The van der Waals surface area contributed by atoms with Crippen molar-refractivity contribution < 1.29 is 12.8 Å². The Bertz CT molecular complexity index is 652. The monoisotopic (exact) mass is 341 g/mol. The zero-order chi connectivity index (χ0) is 16.4. The smallest absolute Gasteiger partial charge is 0.214 e. The van der Waals surface area contributed by atoms with Gasteiger partial charge >= 0.3 is 0 Å². The molecule has 2 fully saturated rings. The topological polar surface area (TPSA) is 43.9 Å². The highest BCUT2D eigenvalue weighted by molar-refractivity contribution is 7.89. The Hall–Kier alpha value is -1.18. The molecule has 3 rings (SSSR count). The number of halogens is 1. The van der Waals surface area contributed by atoms with Crippen molar-refractivity contribution in [2.45, 2.75) is 19.4 Å². The van der Waals surface area contributed by atoms with Crippen molar-refractivity contribution in [3.05, 3.63) is 30.1 Å². The summed E-state index contributed by atoms with van der Waals surface area (Å²) >= 11 is 0. The Morgan fingerprint density at radius 2 is 1.96 bits per heavy atom. The maximum atomic E-state index is 13.9. The first-order valence-electron chi connectivity index (χ1n) is 8.19.